The maximum Gasteiger partial charge on any atom is 0.0835 e. The van der Waals surface area contributed by atoms with Crippen LogP contribution in [0.15, 0.2) is 0 Å². The molecule has 0 amide bonds. The Labute approximate surface area is 86.9 Å². The summed E-state index contributed by atoms with van der Waals surface area (Å²) in [4.78, 5) is 0. The van der Waals surface area contributed by atoms with E-state index < -0.39 is 11.5 Å². The van der Waals surface area contributed by atoms with Gasteiger partial charge in [-0.3, -0.25) is 0 Å². The maximum atomic E-state index is 10.1. The average molecular weight is 195 g/mol. The van der Waals surface area contributed by atoms with Crippen LogP contribution in [0.4, 0.5) is 0 Å². The van der Waals surface area contributed by atoms with E-state index in [4.69, 9.17) is 0 Å². The Hall–Kier alpha value is -0.550. The summed E-state index contributed by atoms with van der Waals surface area (Å²) in [6.07, 6.45) is 3.43. The Morgan fingerprint density at radius 3 is 2.21 bits per heavy atom. The van der Waals surface area contributed by atoms with Crippen molar-refractivity contribution in [2.45, 2.75) is 52.6 Å². The van der Waals surface area contributed by atoms with E-state index in [1.54, 1.807) is 0 Å². The first-order valence-corrected chi connectivity index (χ1v) is 5.61. The van der Waals surface area contributed by atoms with Crippen molar-refractivity contribution in [3.05, 3.63) is 0 Å². The van der Waals surface area contributed by atoms with Crippen LogP contribution in [0.1, 0.15) is 46.5 Å². The Balaban J connectivity index is 2.73. The van der Waals surface area contributed by atoms with Crippen LogP contribution in [-0.2, 0) is 0 Å². The zero-order chi connectivity index (χ0) is 10.8. The van der Waals surface area contributed by atoms with Crippen molar-refractivity contribution in [3.63, 3.8) is 0 Å². The predicted molar refractivity (Wildman–Crippen MR) is 56.5 cm³/mol. The van der Waals surface area contributed by atoms with Crippen LogP contribution < -0.4 is 0 Å². The topological polar surface area (TPSA) is 44.0 Å². The van der Waals surface area contributed by atoms with E-state index in [1.165, 1.54) is 0 Å². The Bertz CT molecular complexity index is 221. The Morgan fingerprint density at radius 2 is 1.86 bits per heavy atom. The van der Waals surface area contributed by atoms with Gasteiger partial charge in [0.15, 0.2) is 0 Å². The van der Waals surface area contributed by atoms with E-state index in [-0.39, 0.29) is 5.92 Å². The monoisotopic (exact) mass is 195 g/mol. The van der Waals surface area contributed by atoms with Crippen molar-refractivity contribution in [2.75, 3.05) is 0 Å². The van der Waals surface area contributed by atoms with Crippen molar-refractivity contribution >= 4 is 0 Å². The minimum atomic E-state index is -0.458. The van der Waals surface area contributed by atoms with Crippen molar-refractivity contribution in [2.24, 2.45) is 17.3 Å². The van der Waals surface area contributed by atoms with Crippen LogP contribution in [0.5, 0.6) is 0 Å². The van der Waals surface area contributed by atoms with Gasteiger partial charge in [-0.25, -0.2) is 0 Å². The molecule has 2 heteroatoms. The lowest BCUT2D eigenvalue weighted by molar-refractivity contribution is -0.00364. The van der Waals surface area contributed by atoms with Gasteiger partial charge in [0.25, 0.3) is 0 Å². The molecule has 0 radical (unpaired) electrons. The highest BCUT2D eigenvalue weighted by atomic mass is 16.3. The van der Waals surface area contributed by atoms with Crippen molar-refractivity contribution in [1.82, 2.24) is 0 Å². The lowest BCUT2D eigenvalue weighted by Crippen LogP contribution is -2.40. The molecule has 80 valence electrons. The highest BCUT2D eigenvalue weighted by Gasteiger charge is 2.41. The van der Waals surface area contributed by atoms with Crippen LogP contribution in [-0.4, -0.2) is 11.2 Å². The summed E-state index contributed by atoms with van der Waals surface area (Å²) in [5.41, 5.74) is -0.458. The maximum absolute atomic E-state index is 10.1. The third-order valence-corrected chi connectivity index (χ3v) is 3.59. The highest BCUT2D eigenvalue weighted by Crippen LogP contribution is 2.42. The summed E-state index contributed by atoms with van der Waals surface area (Å²) >= 11 is 0. The van der Waals surface area contributed by atoms with E-state index >= 15 is 0 Å². The SMILES string of the molecule is CC1CCC(C#N)(C(O)C(C)C)CC1. The Kier molecular flexibility index (Phi) is 3.55. The van der Waals surface area contributed by atoms with Gasteiger partial charge in [-0.15, -0.1) is 0 Å². The number of hydrogen-bond acceptors (Lipinski definition) is 2. The first kappa shape index (κ1) is 11.5. The molecule has 1 aliphatic rings. The van der Waals surface area contributed by atoms with E-state index in [9.17, 15) is 10.4 Å². The lowest BCUT2D eigenvalue weighted by atomic mass is 9.66. The van der Waals surface area contributed by atoms with Gasteiger partial charge in [0.1, 0.15) is 0 Å². The zero-order valence-electron chi connectivity index (χ0n) is 9.45. The summed E-state index contributed by atoms with van der Waals surface area (Å²) in [5.74, 6) is 0.902. The van der Waals surface area contributed by atoms with Crippen LogP contribution in [0.2, 0.25) is 0 Å². The van der Waals surface area contributed by atoms with Crippen molar-refractivity contribution in [3.8, 4) is 6.07 Å². The minimum absolute atomic E-state index is 0.183. The van der Waals surface area contributed by atoms with Crippen molar-refractivity contribution in [1.29, 1.82) is 5.26 Å². The van der Waals surface area contributed by atoms with Gasteiger partial charge in [-0.2, -0.15) is 5.26 Å². The zero-order valence-corrected chi connectivity index (χ0v) is 9.45. The quantitative estimate of drug-likeness (QED) is 0.736. The van der Waals surface area contributed by atoms with Gasteiger partial charge in [0, 0.05) is 0 Å². The third-order valence-electron chi connectivity index (χ3n) is 3.59. The molecule has 0 aromatic rings. The fourth-order valence-corrected chi connectivity index (χ4v) is 2.39. The molecule has 1 atom stereocenters. The number of aliphatic hydroxyl groups is 1. The first-order valence-electron chi connectivity index (χ1n) is 5.61. The summed E-state index contributed by atoms with van der Waals surface area (Å²) in [5, 5.41) is 19.3. The molecule has 2 nitrogen and oxygen atoms in total. The normalized spacial score (nSPS) is 35.3. The summed E-state index contributed by atoms with van der Waals surface area (Å²) in [6.45, 7) is 6.20. The summed E-state index contributed by atoms with van der Waals surface area (Å²) in [7, 11) is 0. The molecule has 0 heterocycles. The van der Waals surface area contributed by atoms with Crippen molar-refractivity contribution < 1.29 is 5.11 Å². The molecule has 1 unspecified atom stereocenters. The minimum Gasteiger partial charge on any atom is -0.391 e. The van der Waals surface area contributed by atoms with E-state index in [2.05, 4.69) is 13.0 Å². The summed E-state index contributed by atoms with van der Waals surface area (Å²) < 4.78 is 0. The van der Waals surface area contributed by atoms with Gasteiger partial charge in [0.2, 0.25) is 0 Å². The van der Waals surface area contributed by atoms with Crippen LogP contribution >= 0.6 is 0 Å². The molecule has 0 saturated heterocycles. The molecule has 1 fully saturated rings. The third kappa shape index (κ3) is 2.09. The molecule has 0 bridgehead atoms. The standard InChI is InChI=1S/C12H21NO/c1-9(2)11(14)12(8-13)6-4-10(3)5-7-12/h9-11,14H,4-7H2,1-3H3. The smallest absolute Gasteiger partial charge is 0.0835 e. The second-order valence-electron chi connectivity index (χ2n) is 5.14. The molecule has 14 heavy (non-hydrogen) atoms. The van der Waals surface area contributed by atoms with Crippen LogP contribution in [0, 0.1) is 28.6 Å². The first-order chi connectivity index (χ1) is 6.52. The molecule has 1 aliphatic carbocycles. The van der Waals surface area contributed by atoms with E-state index in [0.29, 0.717) is 0 Å². The number of nitriles is 1. The fourth-order valence-electron chi connectivity index (χ4n) is 2.39. The number of rotatable bonds is 2. The lowest BCUT2D eigenvalue weighted by Gasteiger charge is -2.39. The molecule has 1 rings (SSSR count). The highest BCUT2D eigenvalue weighted by molar-refractivity contribution is 5.06. The number of aliphatic hydroxyl groups excluding tert-OH is 1. The van der Waals surface area contributed by atoms with Crippen LogP contribution in [0.25, 0.3) is 0 Å². The van der Waals surface area contributed by atoms with Crippen LogP contribution in [0.3, 0.4) is 0 Å². The number of nitrogens with zero attached hydrogens (tertiary/aromatic N) is 1. The molecule has 1 N–H and O–H groups in total. The van der Waals surface area contributed by atoms with E-state index in [1.807, 2.05) is 13.8 Å². The predicted octanol–water partition coefficient (Wildman–Crippen LogP) is 2.72. The fraction of sp³-hybridized carbons (Fsp3) is 0.917. The average Bonchev–Trinajstić information content (AvgIpc) is 2.18. The molecule has 0 aromatic carbocycles. The van der Waals surface area contributed by atoms with Gasteiger partial charge in [0.05, 0.1) is 17.6 Å². The summed E-state index contributed by atoms with van der Waals surface area (Å²) in [6, 6.07) is 2.37. The van der Waals surface area contributed by atoms with Gasteiger partial charge in [-0.05, 0) is 37.5 Å². The second kappa shape index (κ2) is 4.31. The molecule has 0 aliphatic heterocycles. The molecule has 0 aromatic heterocycles. The Morgan fingerprint density at radius 1 is 1.36 bits per heavy atom. The largest absolute Gasteiger partial charge is 0.391 e. The molecular weight excluding hydrogens is 174 g/mol. The van der Waals surface area contributed by atoms with E-state index in [0.717, 1.165) is 31.6 Å². The van der Waals surface area contributed by atoms with Gasteiger partial charge in [-0.1, -0.05) is 20.8 Å². The van der Waals surface area contributed by atoms with Gasteiger partial charge < -0.3 is 5.11 Å². The second-order valence-corrected chi connectivity index (χ2v) is 5.14. The van der Waals surface area contributed by atoms with Gasteiger partial charge >= 0.3 is 0 Å². The molecular formula is C12H21NO. The number of hydrogen-bond donors (Lipinski definition) is 1. The molecule has 0 spiro atoms. The molecule has 1 saturated carbocycles.